The summed E-state index contributed by atoms with van der Waals surface area (Å²) in [5.74, 6) is -3.54. The normalized spacial score (nSPS) is 17.7. The van der Waals surface area contributed by atoms with Gasteiger partial charge in [0.25, 0.3) is 0 Å². The van der Waals surface area contributed by atoms with Crippen molar-refractivity contribution in [1.29, 1.82) is 5.26 Å². The van der Waals surface area contributed by atoms with E-state index in [4.69, 9.17) is 4.74 Å². The van der Waals surface area contributed by atoms with Gasteiger partial charge in [-0.1, -0.05) is 67.2 Å². The molecule has 0 bridgehead atoms. The van der Waals surface area contributed by atoms with Crippen LogP contribution in [0.5, 0.6) is 0 Å². The van der Waals surface area contributed by atoms with Crippen LogP contribution in [-0.4, -0.2) is 30.6 Å². The SMILES string of the molecule is CCc1cccc(C)c1NC(=O)CSC1=C(C#N)[C@@H](c2ccccc2)[C@H](C(=O)OC)C(=O)N1. The van der Waals surface area contributed by atoms with Crippen LogP contribution in [-0.2, 0) is 25.5 Å². The summed E-state index contributed by atoms with van der Waals surface area (Å²) in [6, 6.07) is 16.9. The Morgan fingerprint density at radius 1 is 1.18 bits per heavy atom. The Morgan fingerprint density at radius 2 is 1.91 bits per heavy atom. The van der Waals surface area contributed by atoms with E-state index in [2.05, 4.69) is 16.7 Å². The van der Waals surface area contributed by atoms with Crippen LogP contribution in [0.4, 0.5) is 5.69 Å². The van der Waals surface area contributed by atoms with Gasteiger partial charge in [0.05, 0.1) is 29.5 Å². The maximum Gasteiger partial charge on any atom is 0.319 e. The van der Waals surface area contributed by atoms with Gasteiger partial charge in [-0.25, -0.2) is 0 Å². The molecule has 33 heavy (non-hydrogen) atoms. The summed E-state index contributed by atoms with van der Waals surface area (Å²) in [5.41, 5.74) is 3.64. The van der Waals surface area contributed by atoms with Crippen LogP contribution < -0.4 is 10.6 Å². The number of carbonyl (C=O) groups is 3. The molecule has 2 aromatic carbocycles. The number of rotatable bonds is 7. The minimum atomic E-state index is -1.19. The maximum atomic E-state index is 12.8. The van der Waals surface area contributed by atoms with Crippen LogP contribution in [0, 0.1) is 24.2 Å². The topological polar surface area (TPSA) is 108 Å². The highest BCUT2D eigenvalue weighted by molar-refractivity contribution is 8.03. The summed E-state index contributed by atoms with van der Waals surface area (Å²) in [6.07, 6.45) is 0.776. The second-order valence-corrected chi connectivity index (χ2v) is 8.52. The molecule has 0 saturated carbocycles. The summed E-state index contributed by atoms with van der Waals surface area (Å²) in [6.45, 7) is 3.94. The molecule has 0 fully saturated rings. The average molecular weight is 464 g/mol. The van der Waals surface area contributed by atoms with Crippen LogP contribution in [0.25, 0.3) is 0 Å². The molecular weight excluding hydrogens is 438 g/mol. The lowest BCUT2D eigenvalue weighted by atomic mass is 9.78. The number of carbonyl (C=O) groups excluding carboxylic acids is 3. The molecular formula is C25H25N3O4S. The van der Waals surface area contributed by atoms with E-state index in [1.807, 2.05) is 38.1 Å². The van der Waals surface area contributed by atoms with Crippen molar-refractivity contribution in [2.24, 2.45) is 5.92 Å². The van der Waals surface area contributed by atoms with Crippen LogP contribution in [0.15, 0.2) is 59.1 Å². The second-order valence-electron chi connectivity index (χ2n) is 7.53. The van der Waals surface area contributed by atoms with Gasteiger partial charge in [-0.15, -0.1) is 0 Å². The molecule has 2 aromatic rings. The third-order valence-electron chi connectivity index (χ3n) is 5.49. The number of nitrogens with one attached hydrogen (secondary N) is 2. The lowest BCUT2D eigenvalue weighted by Gasteiger charge is -2.30. The van der Waals surface area contributed by atoms with Gasteiger partial charge < -0.3 is 15.4 Å². The number of amides is 2. The van der Waals surface area contributed by atoms with Crippen molar-refractivity contribution in [3.05, 3.63) is 75.8 Å². The fourth-order valence-electron chi connectivity index (χ4n) is 3.86. The lowest BCUT2D eigenvalue weighted by molar-refractivity contribution is -0.150. The first-order valence-corrected chi connectivity index (χ1v) is 11.5. The van der Waals surface area contributed by atoms with Crippen molar-refractivity contribution in [3.8, 4) is 6.07 Å². The molecule has 0 spiro atoms. The Kier molecular flexibility index (Phi) is 7.91. The average Bonchev–Trinajstić information content (AvgIpc) is 2.83. The van der Waals surface area contributed by atoms with Gasteiger partial charge in [-0.2, -0.15) is 5.26 Å². The smallest absolute Gasteiger partial charge is 0.319 e. The first kappa shape index (κ1) is 24.1. The molecule has 8 heteroatoms. The van der Waals surface area contributed by atoms with Gasteiger partial charge in [-0.3, -0.25) is 14.4 Å². The number of para-hydroxylation sites is 1. The van der Waals surface area contributed by atoms with Gasteiger partial charge in [0, 0.05) is 11.6 Å². The van der Waals surface area contributed by atoms with Crippen molar-refractivity contribution >= 4 is 35.2 Å². The summed E-state index contributed by atoms with van der Waals surface area (Å²) < 4.78 is 4.83. The van der Waals surface area contributed by atoms with Crippen LogP contribution in [0.3, 0.4) is 0 Å². The van der Waals surface area contributed by atoms with Gasteiger partial charge in [-0.05, 0) is 30.0 Å². The van der Waals surface area contributed by atoms with Crippen molar-refractivity contribution in [2.45, 2.75) is 26.2 Å². The molecule has 170 valence electrons. The molecule has 1 heterocycles. The number of allylic oxidation sites excluding steroid dienone is 1. The fourth-order valence-corrected chi connectivity index (χ4v) is 4.70. The Bertz CT molecular complexity index is 1140. The standard InChI is InChI=1S/C25H25N3O4S/c1-4-16-12-8-9-15(2)22(16)27-19(29)14-33-24-18(13-26)20(17-10-6-5-7-11-17)21(23(30)28-24)25(31)32-3/h5-12,20-21H,4,14H2,1-3H3,(H,27,29)(H,28,30)/t20-,21+/m1/s1. The molecule has 1 aliphatic rings. The fraction of sp³-hybridized carbons (Fsp3) is 0.280. The molecule has 0 aliphatic carbocycles. The van der Waals surface area contributed by atoms with Gasteiger partial charge in [0.2, 0.25) is 11.8 Å². The number of nitrogens with zero attached hydrogens (tertiary/aromatic N) is 1. The minimum Gasteiger partial charge on any atom is -0.468 e. The highest BCUT2D eigenvalue weighted by Crippen LogP contribution is 2.40. The number of methoxy groups -OCH3 is 1. The molecule has 2 atom stereocenters. The van der Waals surface area contributed by atoms with E-state index >= 15 is 0 Å². The quantitative estimate of drug-likeness (QED) is 0.479. The van der Waals surface area contributed by atoms with Crippen LogP contribution >= 0.6 is 11.8 Å². The van der Waals surface area contributed by atoms with E-state index in [-0.39, 0.29) is 22.3 Å². The van der Waals surface area contributed by atoms with Gasteiger partial charge >= 0.3 is 5.97 Å². The Balaban J connectivity index is 1.88. The first-order chi connectivity index (χ1) is 15.9. The van der Waals surface area contributed by atoms with E-state index in [0.717, 1.165) is 35.0 Å². The molecule has 2 N–H and O–H groups in total. The predicted molar refractivity (Wildman–Crippen MR) is 127 cm³/mol. The molecule has 3 rings (SSSR count). The third-order valence-corrected chi connectivity index (χ3v) is 6.51. The number of esters is 1. The summed E-state index contributed by atoms with van der Waals surface area (Å²) in [7, 11) is 1.21. The predicted octanol–water partition coefficient (Wildman–Crippen LogP) is 3.67. The van der Waals surface area contributed by atoms with Gasteiger partial charge in [0.1, 0.15) is 5.92 Å². The number of thioether (sulfide) groups is 1. The molecule has 0 unspecified atom stereocenters. The maximum absolute atomic E-state index is 12.8. The number of benzene rings is 2. The lowest BCUT2D eigenvalue weighted by Crippen LogP contribution is -2.44. The molecule has 1 aliphatic heterocycles. The molecule has 2 amide bonds. The number of ether oxygens (including phenoxy) is 1. The van der Waals surface area contributed by atoms with E-state index in [9.17, 15) is 19.6 Å². The van der Waals surface area contributed by atoms with Crippen molar-refractivity contribution in [2.75, 3.05) is 18.2 Å². The minimum absolute atomic E-state index is 0.0112. The van der Waals surface area contributed by atoms with E-state index < -0.39 is 23.7 Å². The number of hydrogen-bond acceptors (Lipinski definition) is 6. The Hall–Kier alpha value is -3.57. The monoisotopic (exact) mass is 463 g/mol. The summed E-state index contributed by atoms with van der Waals surface area (Å²) in [5, 5.41) is 15.8. The molecule has 0 aromatic heterocycles. The molecule has 7 nitrogen and oxygen atoms in total. The van der Waals surface area contributed by atoms with Crippen LogP contribution in [0.2, 0.25) is 0 Å². The number of anilines is 1. The zero-order valence-electron chi connectivity index (χ0n) is 18.7. The zero-order chi connectivity index (χ0) is 24.0. The Labute approximate surface area is 197 Å². The largest absolute Gasteiger partial charge is 0.468 e. The first-order valence-electron chi connectivity index (χ1n) is 10.5. The zero-order valence-corrected chi connectivity index (χ0v) is 19.5. The van der Waals surface area contributed by atoms with E-state index in [1.165, 1.54) is 7.11 Å². The number of aryl methyl sites for hydroxylation is 2. The second kappa shape index (κ2) is 10.8. The summed E-state index contributed by atoms with van der Waals surface area (Å²) >= 11 is 1.06. The third kappa shape index (κ3) is 5.26. The number of nitriles is 1. The van der Waals surface area contributed by atoms with Crippen molar-refractivity contribution in [1.82, 2.24) is 5.32 Å². The Morgan fingerprint density at radius 3 is 2.55 bits per heavy atom. The van der Waals surface area contributed by atoms with Gasteiger partial charge in [0.15, 0.2) is 0 Å². The molecule has 0 saturated heterocycles. The van der Waals surface area contributed by atoms with Crippen LogP contribution in [0.1, 0.15) is 29.5 Å². The van der Waals surface area contributed by atoms with Crippen molar-refractivity contribution in [3.63, 3.8) is 0 Å². The van der Waals surface area contributed by atoms with Crippen molar-refractivity contribution < 1.29 is 19.1 Å². The van der Waals surface area contributed by atoms with E-state index in [1.54, 1.807) is 24.3 Å². The highest BCUT2D eigenvalue weighted by atomic mass is 32.2. The number of hydrogen-bond donors (Lipinski definition) is 2. The van der Waals surface area contributed by atoms with E-state index in [0.29, 0.717) is 5.56 Å². The highest BCUT2D eigenvalue weighted by Gasteiger charge is 2.44. The summed E-state index contributed by atoms with van der Waals surface area (Å²) in [4.78, 5) is 37.9. The molecule has 0 radical (unpaired) electrons.